The van der Waals surface area contributed by atoms with E-state index in [1.807, 2.05) is 61.5 Å². The Hall–Kier alpha value is -2.88. The van der Waals surface area contributed by atoms with E-state index in [2.05, 4.69) is 18.7 Å². The van der Waals surface area contributed by atoms with E-state index >= 15 is 0 Å². The number of benzene rings is 2. The van der Waals surface area contributed by atoms with Gasteiger partial charge in [-0.2, -0.15) is 0 Å². The van der Waals surface area contributed by atoms with Gasteiger partial charge in [0, 0.05) is 24.0 Å². The quantitative estimate of drug-likeness (QED) is 0.230. The van der Waals surface area contributed by atoms with Crippen LogP contribution in [0.2, 0.25) is 0 Å². The molecule has 0 saturated heterocycles. The second-order valence-electron chi connectivity index (χ2n) is 8.94. The topological polar surface area (TPSA) is 42.4 Å². The second kappa shape index (κ2) is 13.7. The average molecular weight is 461 g/mol. The highest BCUT2D eigenvalue weighted by Gasteiger charge is 2.20. The SMILES string of the molecule is CCCCCCN(CCCCCC)C(=O)c1cc(-c2ccc(OCC)cc2)nc2ccccc12. The van der Waals surface area contributed by atoms with E-state index in [0.717, 1.165) is 59.4 Å². The van der Waals surface area contributed by atoms with Crippen LogP contribution in [0.25, 0.3) is 22.2 Å². The van der Waals surface area contributed by atoms with Crippen molar-refractivity contribution in [2.45, 2.75) is 72.1 Å². The fourth-order valence-electron chi connectivity index (χ4n) is 4.33. The van der Waals surface area contributed by atoms with Crippen LogP contribution in [0.15, 0.2) is 54.6 Å². The molecule has 0 fully saturated rings. The molecule has 0 saturated carbocycles. The standard InChI is InChI=1S/C30H40N2O2/c1-4-7-9-13-21-32(22-14-10-8-5-2)30(33)27-23-29(31-28-16-12-11-15-26(27)28)24-17-19-25(20-18-24)34-6-3/h11-12,15-20,23H,4-10,13-14,21-22H2,1-3H3. The predicted octanol–water partition coefficient (Wildman–Crippen LogP) is 7.90. The molecule has 0 unspecified atom stereocenters. The number of hydrogen-bond donors (Lipinski definition) is 0. The molecule has 3 rings (SSSR count). The molecule has 1 amide bonds. The molecule has 0 aliphatic carbocycles. The van der Waals surface area contributed by atoms with E-state index in [4.69, 9.17) is 9.72 Å². The van der Waals surface area contributed by atoms with Crippen LogP contribution >= 0.6 is 0 Å². The molecule has 1 heterocycles. The highest BCUT2D eigenvalue weighted by atomic mass is 16.5. The van der Waals surface area contributed by atoms with Crippen molar-refractivity contribution in [3.63, 3.8) is 0 Å². The van der Waals surface area contributed by atoms with Crippen molar-refractivity contribution in [3.05, 3.63) is 60.2 Å². The van der Waals surface area contributed by atoms with Crippen molar-refractivity contribution in [3.8, 4) is 17.0 Å². The number of fused-ring (bicyclic) bond motifs is 1. The summed E-state index contributed by atoms with van der Waals surface area (Å²) in [6.45, 7) is 8.70. The van der Waals surface area contributed by atoms with Crippen LogP contribution < -0.4 is 4.74 Å². The predicted molar refractivity (Wildman–Crippen MR) is 143 cm³/mol. The minimum absolute atomic E-state index is 0.124. The van der Waals surface area contributed by atoms with Gasteiger partial charge in [0.25, 0.3) is 5.91 Å². The minimum Gasteiger partial charge on any atom is -0.494 e. The average Bonchev–Trinajstić information content (AvgIpc) is 2.87. The van der Waals surface area contributed by atoms with E-state index in [1.54, 1.807) is 0 Å². The van der Waals surface area contributed by atoms with Gasteiger partial charge >= 0.3 is 0 Å². The van der Waals surface area contributed by atoms with Crippen LogP contribution in [0.3, 0.4) is 0 Å². The normalized spacial score (nSPS) is 11.0. The monoisotopic (exact) mass is 460 g/mol. The van der Waals surface area contributed by atoms with Crippen LogP contribution in [0.5, 0.6) is 5.75 Å². The molecular weight excluding hydrogens is 420 g/mol. The Morgan fingerprint density at radius 1 is 0.824 bits per heavy atom. The largest absolute Gasteiger partial charge is 0.494 e. The zero-order valence-corrected chi connectivity index (χ0v) is 21.2. The Bertz CT molecular complexity index is 1020. The van der Waals surface area contributed by atoms with Crippen LogP contribution in [0.1, 0.15) is 82.5 Å². The lowest BCUT2D eigenvalue weighted by Crippen LogP contribution is -2.33. The van der Waals surface area contributed by atoms with E-state index < -0.39 is 0 Å². The Balaban J connectivity index is 1.92. The van der Waals surface area contributed by atoms with Gasteiger partial charge in [0.1, 0.15) is 5.75 Å². The molecule has 0 aliphatic rings. The first-order chi connectivity index (χ1) is 16.7. The first-order valence-electron chi connectivity index (χ1n) is 13.1. The lowest BCUT2D eigenvalue weighted by atomic mass is 10.0. The number of rotatable bonds is 14. The number of aromatic nitrogens is 1. The van der Waals surface area contributed by atoms with Crippen molar-refractivity contribution in [2.75, 3.05) is 19.7 Å². The van der Waals surface area contributed by atoms with Gasteiger partial charge in [-0.1, -0.05) is 70.6 Å². The third-order valence-electron chi connectivity index (χ3n) is 6.26. The summed E-state index contributed by atoms with van der Waals surface area (Å²) in [5, 5.41) is 0.925. The summed E-state index contributed by atoms with van der Waals surface area (Å²) in [4.78, 5) is 20.9. The van der Waals surface area contributed by atoms with Crippen LogP contribution in [0, 0.1) is 0 Å². The maximum absolute atomic E-state index is 13.9. The molecule has 3 aromatic rings. The van der Waals surface area contributed by atoms with Gasteiger partial charge < -0.3 is 9.64 Å². The number of carbonyl (C=O) groups is 1. The van der Waals surface area contributed by atoms with Gasteiger partial charge in [-0.15, -0.1) is 0 Å². The molecule has 1 aromatic heterocycles. The van der Waals surface area contributed by atoms with Crippen molar-refractivity contribution >= 4 is 16.8 Å². The molecule has 0 aliphatic heterocycles. The number of unbranched alkanes of at least 4 members (excludes halogenated alkanes) is 6. The summed E-state index contributed by atoms with van der Waals surface area (Å²) in [5.41, 5.74) is 3.41. The molecule has 4 heteroatoms. The van der Waals surface area contributed by atoms with Gasteiger partial charge in [-0.3, -0.25) is 4.79 Å². The van der Waals surface area contributed by atoms with Gasteiger partial charge in [0.15, 0.2) is 0 Å². The van der Waals surface area contributed by atoms with Gasteiger partial charge in [0.05, 0.1) is 23.4 Å². The number of ether oxygens (including phenoxy) is 1. The number of para-hydroxylation sites is 1. The highest BCUT2D eigenvalue weighted by molar-refractivity contribution is 6.07. The molecule has 2 aromatic carbocycles. The fraction of sp³-hybridized carbons (Fsp3) is 0.467. The number of pyridine rings is 1. The summed E-state index contributed by atoms with van der Waals surface area (Å²) in [6.07, 6.45) is 9.30. The third-order valence-corrected chi connectivity index (χ3v) is 6.26. The second-order valence-corrected chi connectivity index (χ2v) is 8.94. The molecule has 0 N–H and O–H groups in total. The first kappa shape index (κ1) is 25.7. The summed E-state index contributed by atoms with van der Waals surface area (Å²) in [5.74, 6) is 0.965. The molecular formula is C30H40N2O2. The van der Waals surface area contributed by atoms with Crippen molar-refractivity contribution in [1.29, 1.82) is 0 Å². The molecule has 0 radical (unpaired) electrons. The molecule has 0 spiro atoms. The number of hydrogen-bond acceptors (Lipinski definition) is 3. The fourth-order valence-corrected chi connectivity index (χ4v) is 4.33. The van der Waals surface area contributed by atoms with Crippen LogP contribution in [-0.4, -0.2) is 35.5 Å². The third kappa shape index (κ3) is 7.06. The van der Waals surface area contributed by atoms with E-state index in [1.165, 1.54) is 38.5 Å². The van der Waals surface area contributed by atoms with Crippen LogP contribution in [-0.2, 0) is 0 Å². The van der Waals surface area contributed by atoms with Gasteiger partial charge in [0.2, 0.25) is 0 Å². The van der Waals surface area contributed by atoms with Gasteiger partial charge in [-0.05, 0) is 56.2 Å². The van der Waals surface area contributed by atoms with E-state index in [0.29, 0.717) is 6.61 Å². The Kier molecular flexibility index (Phi) is 10.4. The smallest absolute Gasteiger partial charge is 0.254 e. The lowest BCUT2D eigenvalue weighted by Gasteiger charge is -2.24. The molecule has 0 bridgehead atoms. The molecule has 182 valence electrons. The van der Waals surface area contributed by atoms with Gasteiger partial charge in [-0.25, -0.2) is 4.98 Å². The van der Waals surface area contributed by atoms with Crippen molar-refractivity contribution in [2.24, 2.45) is 0 Å². The number of nitrogens with zero attached hydrogens (tertiary/aromatic N) is 2. The van der Waals surface area contributed by atoms with E-state index in [-0.39, 0.29) is 5.91 Å². The maximum atomic E-state index is 13.9. The zero-order valence-electron chi connectivity index (χ0n) is 21.2. The number of amides is 1. The zero-order chi connectivity index (χ0) is 24.2. The summed E-state index contributed by atoms with van der Waals surface area (Å²) in [7, 11) is 0. The Labute approximate surface area is 205 Å². The Morgan fingerprint density at radius 3 is 2.09 bits per heavy atom. The minimum atomic E-state index is 0.124. The lowest BCUT2D eigenvalue weighted by molar-refractivity contribution is 0.0751. The summed E-state index contributed by atoms with van der Waals surface area (Å²) < 4.78 is 5.59. The molecule has 4 nitrogen and oxygen atoms in total. The first-order valence-corrected chi connectivity index (χ1v) is 13.1. The summed E-state index contributed by atoms with van der Waals surface area (Å²) >= 11 is 0. The summed E-state index contributed by atoms with van der Waals surface area (Å²) in [6, 6.07) is 17.9. The van der Waals surface area contributed by atoms with Crippen molar-refractivity contribution in [1.82, 2.24) is 9.88 Å². The Morgan fingerprint density at radius 2 is 1.47 bits per heavy atom. The van der Waals surface area contributed by atoms with Crippen LogP contribution in [0.4, 0.5) is 0 Å². The number of carbonyl (C=O) groups excluding carboxylic acids is 1. The molecule has 0 atom stereocenters. The molecule has 34 heavy (non-hydrogen) atoms. The maximum Gasteiger partial charge on any atom is 0.254 e. The highest BCUT2D eigenvalue weighted by Crippen LogP contribution is 2.27. The van der Waals surface area contributed by atoms with E-state index in [9.17, 15) is 4.79 Å². The van der Waals surface area contributed by atoms with Crippen molar-refractivity contribution < 1.29 is 9.53 Å².